The number of carbonyl (C=O) groups excluding carboxylic acids is 1. The number of thioether (sulfide) groups is 1. The molecule has 0 saturated heterocycles. The number of nitrogens with one attached hydrogen (secondary N) is 2. The maximum absolute atomic E-state index is 11.4. The minimum Gasteiger partial charge on any atom is -0.465 e. The van der Waals surface area contributed by atoms with E-state index in [1.165, 1.54) is 22.8 Å². The minimum atomic E-state index is -0.304. The average Bonchev–Trinajstić information content (AvgIpc) is 3.09. The summed E-state index contributed by atoms with van der Waals surface area (Å²) in [6.45, 7) is 6.23. The fourth-order valence-electron chi connectivity index (χ4n) is 1.70. The Morgan fingerprint density at radius 1 is 1.32 bits per heavy atom. The summed E-state index contributed by atoms with van der Waals surface area (Å²) in [6, 6.07) is 0.228. The van der Waals surface area contributed by atoms with E-state index in [1.807, 2.05) is 6.92 Å². The van der Waals surface area contributed by atoms with E-state index in [4.69, 9.17) is 4.74 Å². The van der Waals surface area contributed by atoms with Crippen molar-refractivity contribution in [1.82, 2.24) is 29.7 Å². The van der Waals surface area contributed by atoms with Crippen LogP contribution in [0, 0.1) is 0 Å². The molecule has 0 fully saturated rings. The Morgan fingerprint density at radius 2 is 2.08 bits per heavy atom. The second kappa shape index (κ2) is 9.16. The number of hydrogen-bond acceptors (Lipinski definition) is 10. The molecule has 0 aliphatic carbocycles. The number of ether oxygens (including phenoxy) is 1. The molecule has 0 aromatic carbocycles. The fraction of sp³-hybridized carbons (Fsp3) is 0.571. The van der Waals surface area contributed by atoms with Gasteiger partial charge in [-0.2, -0.15) is 19.6 Å². The summed E-state index contributed by atoms with van der Waals surface area (Å²) < 4.78 is 6.32. The molecule has 2 rings (SSSR count). The van der Waals surface area contributed by atoms with Crippen LogP contribution in [0.2, 0.25) is 0 Å². The molecule has 0 aliphatic rings. The Labute approximate surface area is 150 Å². The Morgan fingerprint density at radius 3 is 2.76 bits per heavy atom. The molecule has 0 bridgehead atoms. The Balaban J connectivity index is 2.14. The van der Waals surface area contributed by atoms with Crippen molar-refractivity contribution in [1.29, 1.82) is 0 Å². The molecule has 2 N–H and O–H groups in total. The molecule has 11 heteroatoms. The van der Waals surface area contributed by atoms with Gasteiger partial charge in [0.15, 0.2) is 0 Å². The largest absolute Gasteiger partial charge is 0.465 e. The van der Waals surface area contributed by atoms with Crippen LogP contribution in [0.4, 0.5) is 11.9 Å². The lowest BCUT2D eigenvalue weighted by Crippen LogP contribution is -2.18. The second-order valence-electron chi connectivity index (χ2n) is 5.05. The van der Waals surface area contributed by atoms with Crippen molar-refractivity contribution >= 4 is 29.6 Å². The number of aromatic nitrogens is 6. The maximum atomic E-state index is 11.4. The van der Waals surface area contributed by atoms with Gasteiger partial charge in [0.1, 0.15) is 6.33 Å². The van der Waals surface area contributed by atoms with E-state index >= 15 is 0 Å². The number of nitrogens with zero attached hydrogens (tertiary/aromatic N) is 6. The van der Waals surface area contributed by atoms with Gasteiger partial charge in [-0.15, -0.1) is 5.10 Å². The van der Waals surface area contributed by atoms with Gasteiger partial charge >= 0.3 is 5.97 Å². The zero-order valence-corrected chi connectivity index (χ0v) is 15.5. The molecule has 0 amide bonds. The molecule has 0 saturated carbocycles. The maximum Gasteiger partial charge on any atom is 0.316 e. The molecule has 1 atom stereocenters. The van der Waals surface area contributed by atoms with Crippen molar-refractivity contribution in [2.45, 2.75) is 38.4 Å². The van der Waals surface area contributed by atoms with E-state index in [2.05, 4.69) is 42.6 Å². The van der Waals surface area contributed by atoms with E-state index < -0.39 is 0 Å². The predicted octanol–water partition coefficient (Wildman–Crippen LogP) is 1.36. The summed E-state index contributed by atoms with van der Waals surface area (Å²) in [7, 11) is 1.73. The first-order chi connectivity index (χ1) is 12.0. The van der Waals surface area contributed by atoms with Gasteiger partial charge < -0.3 is 15.4 Å². The van der Waals surface area contributed by atoms with Crippen LogP contribution in [0.3, 0.4) is 0 Å². The number of anilines is 2. The van der Waals surface area contributed by atoms with Crippen molar-refractivity contribution in [3.05, 3.63) is 6.33 Å². The first-order valence-corrected chi connectivity index (χ1v) is 8.95. The van der Waals surface area contributed by atoms with E-state index in [1.54, 1.807) is 14.0 Å². The zero-order chi connectivity index (χ0) is 18.2. The van der Waals surface area contributed by atoms with Gasteiger partial charge in [-0.25, -0.2) is 4.98 Å². The van der Waals surface area contributed by atoms with Crippen LogP contribution < -0.4 is 10.6 Å². The van der Waals surface area contributed by atoms with Gasteiger partial charge in [-0.3, -0.25) is 4.79 Å². The van der Waals surface area contributed by atoms with Crippen molar-refractivity contribution in [2.24, 2.45) is 0 Å². The summed E-state index contributed by atoms with van der Waals surface area (Å²) in [4.78, 5) is 28.5. The van der Waals surface area contributed by atoms with Crippen LogP contribution in [0.5, 0.6) is 0 Å². The van der Waals surface area contributed by atoms with E-state index in [0.29, 0.717) is 29.6 Å². The summed E-state index contributed by atoms with van der Waals surface area (Å²) in [5.74, 6) is 1.06. The third-order valence-corrected chi connectivity index (χ3v) is 3.96. The molecule has 2 aromatic rings. The average molecular weight is 366 g/mol. The standard InChI is InChI=1S/C14H22N8O2S/c1-5-9(3)17-12-18-11(15-4)19-13(20-12)22-8-16-14(21-22)25-7-10(23)24-6-2/h8-9H,5-7H2,1-4H3,(H2,15,17,18,19,20)/t9-/m1/s1. The zero-order valence-electron chi connectivity index (χ0n) is 14.7. The third kappa shape index (κ3) is 5.55. The van der Waals surface area contributed by atoms with Crippen LogP contribution >= 0.6 is 11.8 Å². The molecule has 0 spiro atoms. The molecule has 0 aliphatic heterocycles. The highest BCUT2D eigenvalue weighted by Gasteiger charge is 2.12. The minimum absolute atomic E-state index is 0.150. The first kappa shape index (κ1) is 18.9. The molecule has 25 heavy (non-hydrogen) atoms. The molecule has 0 radical (unpaired) electrons. The van der Waals surface area contributed by atoms with Crippen LogP contribution in [0.25, 0.3) is 5.95 Å². The van der Waals surface area contributed by atoms with Gasteiger partial charge in [-0.05, 0) is 20.3 Å². The predicted molar refractivity (Wildman–Crippen MR) is 95.0 cm³/mol. The SMILES string of the molecule is CCOC(=O)CSc1ncn(-c2nc(NC)nc(N[C@H](C)CC)n2)n1. The van der Waals surface area contributed by atoms with Crippen LogP contribution in [0.15, 0.2) is 11.5 Å². The summed E-state index contributed by atoms with van der Waals surface area (Å²) in [5.41, 5.74) is 0. The van der Waals surface area contributed by atoms with Gasteiger partial charge in [0.2, 0.25) is 17.1 Å². The highest BCUT2D eigenvalue weighted by molar-refractivity contribution is 7.99. The Bertz CT molecular complexity index is 708. The van der Waals surface area contributed by atoms with E-state index in [0.717, 1.165) is 6.42 Å². The summed E-state index contributed by atoms with van der Waals surface area (Å²) in [6.07, 6.45) is 2.43. The molecule has 136 valence electrons. The highest BCUT2D eigenvalue weighted by Crippen LogP contribution is 2.15. The fourth-order valence-corrected chi connectivity index (χ4v) is 2.30. The Kier molecular flexibility index (Phi) is 6.92. The molecular weight excluding hydrogens is 344 g/mol. The van der Waals surface area contributed by atoms with Gasteiger partial charge in [0.05, 0.1) is 12.4 Å². The summed E-state index contributed by atoms with van der Waals surface area (Å²) in [5, 5.41) is 10.8. The normalized spacial score (nSPS) is 11.8. The van der Waals surface area contributed by atoms with Crippen LogP contribution in [0.1, 0.15) is 27.2 Å². The lowest BCUT2D eigenvalue weighted by Gasteiger charge is -2.12. The van der Waals surface area contributed by atoms with Gasteiger partial charge in [-0.1, -0.05) is 18.7 Å². The van der Waals surface area contributed by atoms with Gasteiger partial charge in [0, 0.05) is 13.1 Å². The molecule has 2 heterocycles. The quantitative estimate of drug-likeness (QED) is 0.497. The van der Waals surface area contributed by atoms with Crippen LogP contribution in [-0.4, -0.2) is 61.1 Å². The number of rotatable bonds is 9. The van der Waals surface area contributed by atoms with Crippen molar-refractivity contribution in [2.75, 3.05) is 30.0 Å². The topological polar surface area (TPSA) is 120 Å². The summed E-state index contributed by atoms with van der Waals surface area (Å²) >= 11 is 1.19. The van der Waals surface area contributed by atoms with Crippen molar-refractivity contribution < 1.29 is 9.53 Å². The highest BCUT2D eigenvalue weighted by atomic mass is 32.2. The smallest absolute Gasteiger partial charge is 0.316 e. The Hall–Kier alpha value is -2.43. The molecular formula is C14H22N8O2S. The lowest BCUT2D eigenvalue weighted by atomic mass is 10.3. The molecule has 0 unspecified atom stereocenters. The lowest BCUT2D eigenvalue weighted by molar-refractivity contribution is -0.139. The molecule has 10 nitrogen and oxygen atoms in total. The van der Waals surface area contributed by atoms with Gasteiger partial charge in [0.25, 0.3) is 5.95 Å². The second-order valence-corrected chi connectivity index (χ2v) is 5.99. The number of carbonyl (C=O) groups is 1. The monoisotopic (exact) mass is 366 g/mol. The number of esters is 1. The number of hydrogen-bond donors (Lipinski definition) is 2. The first-order valence-electron chi connectivity index (χ1n) is 7.96. The van der Waals surface area contributed by atoms with E-state index in [9.17, 15) is 4.79 Å². The van der Waals surface area contributed by atoms with Crippen molar-refractivity contribution in [3.8, 4) is 5.95 Å². The third-order valence-electron chi connectivity index (χ3n) is 3.14. The van der Waals surface area contributed by atoms with Crippen molar-refractivity contribution in [3.63, 3.8) is 0 Å². The van der Waals surface area contributed by atoms with Crippen LogP contribution in [-0.2, 0) is 9.53 Å². The molecule has 2 aromatic heterocycles. The van der Waals surface area contributed by atoms with E-state index in [-0.39, 0.29) is 17.8 Å².